The molecule has 0 saturated carbocycles. The lowest BCUT2D eigenvalue weighted by Gasteiger charge is -2.49. The fourth-order valence-corrected chi connectivity index (χ4v) is 3.19. The Bertz CT molecular complexity index is 389. The molecule has 1 aliphatic rings. The first kappa shape index (κ1) is 13.3. The van der Waals surface area contributed by atoms with E-state index in [1.807, 2.05) is 12.1 Å². The maximum Gasteiger partial charge on any atom is 0.0480 e. The first-order valence-corrected chi connectivity index (χ1v) is 6.72. The molecule has 1 fully saturated rings. The van der Waals surface area contributed by atoms with E-state index in [0.717, 1.165) is 25.8 Å². The van der Waals surface area contributed by atoms with Crippen molar-refractivity contribution in [1.82, 2.24) is 4.90 Å². The minimum Gasteiger partial charge on any atom is -0.396 e. The average Bonchev–Trinajstić information content (AvgIpc) is 2.42. The number of piperidine rings is 1. The number of likely N-dealkylation sites (tertiary alicyclic amines) is 1. The van der Waals surface area contributed by atoms with Gasteiger partial charge in [0.1, 0.15) is 0 Å². The summed E-state index contributed by atoms with van der Waals surface area (Å²) in [6.45, 7) is 5.37. The standard InChI is InChI=1S/C16H23NO/c1-3-16(12-14-8-5-4-6-9-14)15(13-18)10-7-11-17(16)2/h3-6,8-9,15,18H,1,7,10-13H2,2H3. The third kappa shape index (κ3) is 2.36. The largest absolute Gasteiger partial charge is 0.396 e. The van der Waals surface area contributed by atoms with Crippen molar-refractivity contribution < 1.29 is 5.11 Å². The molecule has 2 heteroatoms. The van der Waals surface area contributed by atoms with Crippen molar-refractivity contribution in [3.05, 3.63) is 48.6 Å². The van der Waals surface area contributed by atoms with Gasteiger partial charge in [0.15, 0.2) is 0 Å². The maximum absolute atomic E-state index is 9.68. The second kappa shape index (κ2) is 5.68. The summed E-state index contributed by atoms with van der Waals surface area (Å²) < 4.78 is 0. The van der Waals surface area contributed by atoms with Crippen molar-refractivity contribution in [3.63, 3.8) is 0 Å². The number of aliphatic hydroxyl groups is 1. The molecule has 2 rings (SSSR count). The summed E-state index contributed by atoms with van der Waals surface area (Å²) in [6, 6.07) is 10.5. The van der Waals surface area contributed by atoms with Crippen molar-refractivity contribution in [2.45, 2.75) is 24.8 Å². The van der Waals surface area contributed by atoms with E-state index in [1.165, 1.54) is 5.56 Å². The van der Waals surface area contributed by atoms with Crippen LogP contribution >= 0.6 is 0 Å². The monoisotopic (exact) mass is 245 g/mol. The Kier molecular flexibility index (Phi) is 4.20. The van der Waals surface area contributed by atoms with Gasteiger partial charge in [0.2, 0.25) is 0 Å². The number of hydrogen-bond donors (Lipinski definition) is 1. The van der Waals surface area contributed by atoms with Crippen LogP contribution in [0.3, 0.4) is 0 Å². The highest BCUT2D eigenvalue weighted by Gasteiger charge is 2.41. The van der Waals surface area contributed by atoms with Gasteiger partial charge in [-0.3, -0.25) is 4.90 Å². The second-order valence-corrected chi connectivity index (χ2v) is 5.30. The van der Waals surface area contributed by atoms with Gasteiger partial charge in [-0.1, -0.05) is 36.4 Å². The molecule has 1 N–H and O–H groups in total. The van der Waals surface area contributed by atoms with E-state index in [0.29, 0.717) is 0 Å². The van der Waals surface area contributed by atoms with Crippen molar-refractivity contribution >= 4 is 0 Å². The van der Waals surface area contributed by atoms with Crippen LogP contribution in [-0.2, 0) is 6.42 Å². The van der Waals surface area contributed by atoms with Gasteiger partial charge in [0.05, 0.1) is 0 Å². The van der Waals surface area contributed by atoms with Crippen LogP contribution in [0.15, 0.2) is 43.0 Å². The molecule has 0 spiro atoms. The highest BCUT2D eigenvalue weighted by Crippen LogP contribution is 2.36. The minimum absolute atomic E-state index is 0.103. The molecule has 0 bridgehead atoms. The van der Waals surface area contributed by atoms with Gasteiger partial charge >= 0.3 is 0 Å². The molecule has 2 nitrogen and oxygen atoms in total. The molecule has 0 radical (unpaired) electrons. The molecule has 1 heterocycles. The van der Waals surface area contributed by atoms with Gasteiger partial charge in [-0.25, -0.2) is 0 Å². The zero-order valence-corrected chi connectivity index (χ0v) is 11.2. The highest BCUT2D eigenvalue weighted by atomic mass is 16.3. The summed E-state index contributed by atoms with van der Waals surface area (Å²) in [5, 5.41) is 9.68. The summed E-state index contributed by atoms with van der Waals surface area (Å²) in [4.78, 5) is 2.36. The number of likely N-dealkylation sites (N-methyl/N-ethyl adjacent to an activating group) is 1. The molecule has 2 atom stereocenters. The van der Waals surface area contributed by atoms with E-state index >= 15 is 0 Å². The molecule has 1 aromatic rings. The van der Waals surface area contributed by atoms with Crippen molar-refractivity contribution in [1.29, 1.82) is 0 Å². The van der Waals surface area contributed by atoms with Crippen molar-refractivity contribution in [2.75, 3.05) is 20.2 Å². The van der Waals surface area contributed by atoms with Gasteiger partial charge in [-0.2, -0.15) is 0 Å². The average molecular weight is 245 g/mol. The SMILES string of the molecule is C=CC1(Cc2ccccc2)C(CO)CCCN1C. The van der Waals surface area contributed by atoms with E-state index in [4.69, 9.17) is 0 Å². The van der Waals surface area contributed by atoms with Crippen molar-refractivity contribution in [3.8, 4) is 0 Å². The lowest BCUT2D eigenvalue weighted by atomic mass is 9.73. The fourth-order valence-electron chi connectivity index (χ4n) is 3.19. The van der Waals surface area contributed by atoms with E-state index in [2.05, 4.69) is 42.8 Å². The van der Waals surface area contributed by atoms with Crippen LogP contribution < -0.4 is 0 Å². The maximum atomic E-state index is 9.68. The van der Waals surface area contributed by atoms with Crippen LogP contribution in [0.4, 0.5) is 0 Å². The Morgan fingerprint density at radius 3 is 2.78 bits per heavy atom. The molecular weight excluding hydrogens is 222 g/mol. The third-order valence-electron chi connectivity index (χ3n) is 4.37. The Morgan fingerprint density at radius 2 is 2.17 bits per heavy atom. The third-order valence-corrected chi connectivity index (χ3v) is 4.37. The molecule has 98 valence electrons. The Balaban J connectivity index is 2.29. The van der Waals surface area contributed by atoms with E-state index in [1.54, 1.807) is 0 Å². The molecule has 1 aromatic carbocycles. The lowest BCUT2D eigenvalue weighted by Crippen LogP contribution is -2.56. The van der Waals surface area contributed by atoms with Crippen LogP contribution in [0.25, 0.3) is 0 Å². The molecular formula is C16H23NO. The molecule has 1 aliphatic heterocycles. The van der Waals surface area contributed by atoms with Crippen LogP contribution in [-0.4, -0.2) is 35.7 Å². The highest BCUT2D eigenvalue weighted by molar-refractivity contribution is 5.23. The summed E-state index contributed by atoms with van der Waals surface area (Å²) in [7, 11) is 2.15. The molecule has 0 aliphatic carbocycles. The minimum atomic E-state index is -0.103. The molecule has 1 saturated heterocycles. The molecule has 0 amide bonds. The van der Waals surface area contributed by atoms with Crippen LogP contribution in [0, 0.1) is 5.92 Å². The topological polar surface area (TPSA) is 23.5 Å². The lowest BCUT2D eigenvalue weighted by molar-refractivity contribution is 0.0218. The first-order valence-electron chi connectivity index (χ1n) is 6.72. The Hall–Kier alpha value is -1.12. The second-order valence-electron chi connectivity index (χ2n) is 5.30. The quantitative estimate of drug-likeness (QED) is 0.824. The number of hydrogen-bond acceptors (Lipinski definition) is 2. The van der Waals surface area contributed by atoms with Gasteiger partial charge in [-0.05, 0) is 38.4 Å². The van der Waals surface area contributed by atoms with Crippen LogP contribution in [0.5, 0.6) is 0 Å². The fraction of sp³-hybridized carbons (Fsp3) is 0.500. The normalized spacial score (nSPS) is 29.1. The predicted octanol–water partition coefficient (Wildman–Crippen LogP) is 2.49. The number of nitrogens with zero attached hydrogens (tertiary/aromatic N) is 1. The van der Waals surface area contributed by atoms with E-state index < -0.39 is 0 Å². The van der Waals surface area contributed by atoms with Gasteiger partial charge in [0, 0.05) is 18.1 Å². The van der Waals surface area contributed by atoms with Crippen LogP contribution in [0.2, 0.25) is 0 Å². The Labute approximate surface area is 110 Å². The number of rotatable bonds is 4. The molecule has 0 aromatic heterocycles. The number of benzene rings is 1. The zero-order valence-electron chi connectivity index (χ0n) is 11.2. The predicted molar refractivity (Wildman–Crippen MR) is 75.5 cm³/mol. The van der Waals surface area contributed by atoms with Gasteiger partial charge < -0.3 is 5.11 Å². The molecule has 2 unspecified atom stereocenters. The smallest absolute Gasteiger partial charge is 0.0480 e. The Morgan fingerprint density at radius 1 is 1.44 bits per heavy atom. The molecule has 18 heavy (non-hydrogen) atoms. The van der Waals surface area contributed by atoms with Gasteiger partial charge in [-0.15, -0.1) is 6.58 Å². The summed E-state index contributed by atoms with van der Waals surface area (Å²) >= 11 is 0. The van der Waals surface area contributed by atoms with E-state index in [-0.39, 0.29) is 18.1 Å². The number of aliphatic hydroxyl groups excluding tert-OH is 1. The zero-order chi connectivity index (χ0) is 13.0. The van der Waals surface area contributed by atoms with E-state index in [9.17, 15) is 5.11 Å². The summed E-state index contributed by atoms with van der Waals surface area (Å²) in [5.41, 5.74) is 1.21. The van der Waals surface area contributed by atoms with Crippen LogP contribution in [0.1, 0.15) is 18.4 Å². The van der Waals surface area contributed by atoms with Crippen molar-refractivity contribution in [2.24, 2.45) is 5.92 Å². The summed E-state index contributed by atoms with van der Waals surface area (Å²) in [5.74, 6) is 0.286. The van der Waals surface area contributed by atoms with Gasteiger partial charge in [0.25, 0.3) is 0 Å². The summed E-state index contributed by atoms with van der Waals surface area (Å²) in [6.07, 6.45) is 5.21. The first-order chi connectivity index (χ1) is 8.73.